The number of benzene rings is 2. The summed E-state index contributed by atoms with van der Waals surface area (Å²) >= 11 is 9.63. The zero-order valence-corrected chi connectivity index (χ0v) is 16.1. The van der Waals surface area contributed by atoms with E-state index in [1.165, 1.54) is 0 Å². The lowest BCUT2D eigenvalue weighted by Crippen LogP contribution is -2.27. The molecule has 1 aliphatic heterocycles. The number of aromatic nitrogens is 2. The Labute approximate surface area is 164 Å². The second-order valence-electron chi connectivity index (χ2n) is 6.14. The Morgan fingerprint density at radius 2 is 1.96 bits per heavy atom. The van der Waals surface area contributed by atoms with Gasteiger partial charge in [0.2, 0.25) is 17.6 Å². The predicted molar refractivity (Wildman–Crippen MR) is 101 cm³/mol. The summed E-state index contributed by atoms with van der Waals surface area (Å²) in [7, 11) is 0. The Kier molecular flexibility index (Phi) is 4.78. The molecule has 0 radical (unpaired) electrons. The molecule has 4 rings (SSSR count). The largest absolute Gasteiger partial charge is 0.337 e. The first-order chi connectivity index (χ1) is 12.6. The van der Waals surface area contributed by atoms with E-state index in [1.54, 1.807) is 11.0 Å². The SMILES string of the molecule is O=C1CCC(c2nc(-c3ccccc3Cl)no2)N1Cc1ccc(Br)cc1. The van der Waals surface area contributed by atoms with Gasteiger partial charge >= 0.3 is 0 Å². The van der Waals surface area contributed by atoms with Gasteiger partial charge in [-0.1, -0.05) is 57.0 Å². The summed E-state index contributed by atoms with van der Waals surface area (Å²) in [6, 6.07) is 15.1. The fraction of sp³-hybridized carbons (Fsp3) is 0.211. The number of likely N-dealkylation sites (tertiary alicyclic amines) is 1. The third-order valence-electron chi connectivity index (χ3n) is 4.44. The van der Waals surface area contributed by atoms with Gasteiger partial charge in [-0.2, -0.15) is 4.98 Å². The number of rotatable bonds is 4. The van der Waals surface area contributed by atoms with Gasteiger partial charge < -0.3 is 9.42 Å². The van der Waals surface area contributed by atoms with Crippen molar-refractivity contribution in [1.82, 2.24) is 15.0 Å². The Morgan fingerprint density at radius 3 is 2.73 bits per heavy atom. The van der Waals surface area contributed by atoms with Gasteiger partial charge in [-0.05, 0) is 36.2 Å². The molecule has 7 heteroatoms. The lowest BCUT2D eigenvalue weighted by atomic mass is 10.1. The minimum Gasteiger partial charge on any atom is -0.337 e. The molecule has 5 nitrogen and oxygen atoms in total. The smallest absolute Gasteiger partial charge is 0.249 e. The normalized spacial score (nSPS) is 17.1. The van der Waals surface area contributed by atoms with Gasteiger partial charge in [0.05, 0.1) is 5.02 Å². The molecular formula is C19H15BrClN3O2. The van der Waals surface area contributed by atoms with Gasteiger partial charge in [0.15, 0.2) is 0 Å². The van der Waals surface area contributed by atoms with E-state index in [9.17, 15) is 4.79 Å². The zero-order valence-electron chi connectivity index (χ0n) is 13.7. The first-order valence-corrected chi connectivity index (χ1v) is 9.41. The predicted octanol–water partition coefficient (Wildman–Crippen LogP) is 5.02. The van der Waals surface area contributed by atoms with Crippen molar-refractivity contribution in [2.75, 3.05) is 0 Å². The van der Waals surface area contributed by atoms with Crippen molar-refractivity contribution in [1.29, 1.82) is 0 Å². The van der Waals surface area contributed by atoms with Crippen LogP contribution >= 0.6 is 27.5 Å². The fourth-order valence-electron chi connectivity index (χ4n) is 3.10. The summed E-state index contributed by atoms with van der Waals surface area (Å²) < 4.78 is 6.48. The third-order valence-corrected chi connectivity index (χ3v) is 5.29. The Morgan fingerprint density at radius 1 is 1.19 bits per heavy atom. The minimum absolute atomic E-state index is 0.0930. The number of carbonyl (C=O) groups is 1. The summed E-state index contributed by atoms with van der Waals surface area (Å²) in [6.45, 7) is 0.514. The summed E-state index contributed by atoms with van der Waals surface area (Å²) in [4.78, 5) is 18.7. The molecular weight excluding hydrogens is 418 g/mol. The van der Waals surface area contributed by atoms with Gasteiger partial charge in [-0.25, -0.2) is 0 Å². The topological polar surface area (TPSA) is 59.2 Å². The molecule has 1 unspecified atom stereocenters. The van der Waals surface area contributed by atoms with Crippen molar-refractivity contribution in [3.05, 3.63) is 69.5 Å². The minimum atomic E-state index is -0.213. The molecule has 0 bridgehead atoms. The highest BCUT2D eigenvalue weighted by atomic mass is 79.9. The van der Waals surface area contributed by atoms with Crippen molar-refractivity contribution < 1.29 is 9.32 Å². The van der Waals surface area contributed by atoms with Gasteiger partial charge in [-0.3, -0.25) is 4.79 Å². The number of hydrogen-bond acceptors (Lipinski definition) is 4. The summed E-state index contributed by atoms with van der Waals surface area (Å²) in [5.74, 6) is 0.979. The maximum atomic E-state index is 12.4. The lowest BCUT2D eigenvalue weighted by molar-refractivity contribution is -0.129. The molecule has 3 aromatic rings. The Hall–Kier alpha value is -2.18. The molecule has 1 amide bonds. The third kappa shape index (κ3) is 3.39. The highest BCUT2D eigenvalue weighted by molar-refractivity contribution is 9.10. The lowest BCUT2D eigenvalue weighted by Gasteiger charge is -2.22. The van der Waals surface area contributed by atoms with E-state index < -0.39 is 0 Å². The van der Waals surface area contributed by atoms with Crippen LogP contribution in [0.1, 0.15) is 30.3 Å². The molecule has 1 fully saturated rings. The molecule has 0 aliphatic carbocycles. The summed E-state index contributed by atoms with van der Waals surface area (Å²) in [5.41, 5.74) is 1.77. The van der Waals surface area contributed by atoms with Crippen molar-refractivity contribution in [3.8, 4) is 11.4 Å². The van der Waals surface area contributed by atoms with Crippen LogP contribution in [0.25, 0.3) is 11.4 Å². The molecule has 1 atom stereocenters. The van der Waals surface area contributed by atoms with Crippen LogP contribution in [-0.4, -0.2) is 20.9 Å². The van der Waals surface area contributed by atoms with Gasteiger partial charge in [0.1, 0.15) is 6.04 Å². The maximum absolute atomic E-state index is 12.4. The van der Waals surface area contributed by atoms with Crippen LogP contribution in [0.4, 0.5) is 0 Å². The molecule has 132 valence electrons. The average molecular weight is 433 g/mol. The average Bonchev–Trinajstić information content (AvgIpc) is 3.25. The number of carbonyl (C=O) groups excluding carboxylic acids is 1. The van der Waals surface area contributed by atoms with Crippen LogP contribution in [0.3, 0.4) is 0 Å². The molecule has 1 saturated heterocycles. The molecule has 0 spiro atoms. The van der Waals surface area contributed by atoms with Gasteiger partial charge in [0, 0.05) is 23.0 Å². The van der Waals surface area contributed by atoms with Crippen LogP contribution < -0.4 is 0 Å². The molecule has 2 heterocycles. The molecule has 26 heavy (non-hydrogen) atoms. The molecule has 0 N–H and O–H groups in total. The van der Waals surface area contributed by atoms with E-state index >= 15 is 0 Å². The molecule has 0 saturated carbocycles. The fourth-order valence-corrected chi connectivity index (χ4v) is 3.58. The van der Waals surface area contributed by atoms with Crippen LogP contribution in [0, 0.1) is 0 Å². The van der Waals surface area contributed by atoms with Gasteiger partial charge in [0.25, 0.3) is 0 Å². The molecule has 1 aliphatic rings. The van der Waals surface area contributed by atoms with Crippen molar-refractivity contribution in [3.63, 3.8) is 0 Å². The van der Waals surface area contributed by atoms with E-state index in [0.29, 0.717) is 41.7 Å². The summed E-state index contributed by atoms with van der Waals surface area (Å²) in [5, 5.41) is 4.62. The summed E-state index contributed by atoms with van der Waals surface area (Å²) in [6.07, 6.45) is 1.14. The Balaban J connectivity index is 1.59. The van der Waals surface area contributed by atoms with E-state index in [2.05, 4.69) is 26.1 Å². The number of amides is 1. The standard InChI is InChI=1S/C19H15BrClN3O2/c20-13-7-5-12(6-8-13)11-24-16(9-10-17(24)25)19-22-18(23-26-19)14-3-1-2-4-15(14)21/h1-8,16H,9-11H2. The van der Waals surface area contributed by atoms with E-state index in [0.717, 1.165) is 10.0 Å². The molecule has 2 aromatic carbocycles. The second-order valence-corrected chi connectivity index (χ2v) is 7.46. The van der Waals surface area contributed by atoms with E-state index in [1.807, 2.05) is 42.5 Å². The van der Waals surface area contributed by atoms with Crippen molar-refractivity contribution in [2.24, 2.45) is 0 Å². The molecule has 1 aromatic heterocycles. The monoisotopic (exact) mass is 431 g/mol. The van der Waals surface area contributed by atoms with E-state index in [-0.39, 0.29) is 11.9 Å². The van der Waals surface area contributed by atoms with E-state index in [4.69, 9.17) is 16.1 Å². The zero-order chi connectivity index (χ0) is 18.1. The van der Waals surface area contributed by atoms with Crippen LogP contribution in [-0.2, 0) is 11.3 Å². The quantitative estimate of drug-likeness (QED) is 0.581. The van der Waals surface area contributed by atoms with Crippen LogP contribution in [0.2, 0.25) is 5.02 Å². The maximum Gasteiger partial charge on any atom is 0.249 e. The number of hydrogen-bond donors (Lipinski definition) is 0. The highest BCUT2D eigenvalue weighted by Gasteiger charge is 2.36. The first-order valence-electron chi connectivity index (χ1n) is 8.24. The van der Waals surface area contributed by atoms with Gasteiger partial charge in [-0.15, -0.1) is 0 Å². The highest BCUT2D eigenvalue weighted by Crippen LogP contribution is 2.35. The van der Waals surface area contributed by atoms with Crippen LogP contribution in [0.15, 0.2) is 57.5 Å². The van der Waals surface area contributed by atoms with Crippen molar-refractivity contribution in [2.45, 2.75) is 25.4 Å². The Bertz CT molecular complexity index is 942. The number of halogens is 2. The van der Waals surface area contributed by atoms with Crippen molar-refractivity contribution >= 4 is 33.4 Å². The number of nitrogens with zero attached hydrogens (tertiary/aromatic N) is 3. The second kappa shape index (κ2) is 7.21. The van der Waals surface area contributed by atoms with Crippen LogP contribution in [0.5, 0.6) is 0 Å². The first kappa shape index (κ1) is 17.2.